The minimum atomic E-state index is -0.528. The fourth-order valence-corrected chi connectivity index (χ4v) is 13.4. The van der Waals surface area contributed by atoms with Crippen LogP contribution in [0.25, 0.3) is 105 Å². The molecule has 2 heteroatoms. The summed E-state index contributed by atoms with van der Waals surface area (Å²) < 4.78 is 2.46. The molecule has 1 heterocycles. The van der Waals surface area contributed by atoms with Gasteiger partial charge in [-0.1, -0.05) is 231 Å². The second kappa shape index (κ2) is 17.0. The molecular formula is C75H48N2. The fourth-order valence-electron chi connectivity index (χ4n) is 13.4. The van der Waals surface area contributed by atoms with Gasteiger partial charge in [-0.15, -0.1) is 0 Å². The largest absolute Gasteiger partial charge is 0.310 e. The van der Waals surface area contributed by atoms with Crippen LogP contribution in [0.15, 0.2) is 291 Å². The van der Waals surface area contributed by atoms with Gasteiger partial charge in [0.2, 0.25) is 0 Å². The van der Waals surface area contributed by atoms with Crippen LogP contribution in [0.5, 0.6) is 0 Å². The van der Waals surface area contributed by atoms with Crippen LogP contribution in [0.3, 0.4) is 0 Å². The highest BCUT2D eigenvalue weighted by molar-refractivity contribution is 6.19. The minimum absolute atomic E-state index is 0.528. The van der Waals surface area contributed by atoms with Crippen LogP contribution in [0, 0.1) is 0 Å². The van der Waals surface area contributed by atoms with Crippen molar-refractivity contribution in [1.82, 2.24) is 4.57 Å². The van der Waals surface area contributed by atoms with E-state index >= 15 is 0 Å². The lowest BCUT2D eigenvalue weighted by Crippen LogP contribution is -2.26. The summed E-state index contributed by atoms with van der Waals surface area (Å²) in [4.78, 5) is 2.46. The van der Waals surface area contributed by atoms with Crippen molar-refractivity contribution in [1.29, 1.82) is 0 Å². The predicted molar refractivity (Wildman–Crippen MR) is 323 cm³/mol. The molecule has 14 aromatic rings. The lowest BCUT2D eigenvalue weighted by molar-refractivity contribution is 0.794. The van der Waals surface area contributed by atoms with Crippen molar-refractivity contribution in [2.24, 2.45) is 0 Å². The molecule has 13 aromatic carbocycles. The molecule has 0 saturated heterocycles. The van der Waals surface area contributed by atoms with Gasteiger partial charge in [-0.3, -0.25) is 0 Å². The van der Waals surface area contributed by atoms with Crippen LogP contribution in [0.1, 0.15) is 22.3 Å². The van der Waals surface area contributed by atoms with Crippen molar-refractivity contribution in [2.45, 2.75) is 5.41 Å². The Morgan fingerprint density at radius 2 is 0.740 bits per heavy atom. The molecule has 358 valence electrons. The molecule has 2 nitrogen and oxygen atoms in total. The molecule has 0 amide bonds. The number of anilines is 3. The molecule has 2 aliphatic carbocycles. The molecule has 0 fully saturated rings. The average Bonchev–Trinajstić information content (AvgIpc) is 4.32. The van der Waals surface area contributed by atoms with E-state index in [1.165, 1.54) is 116 Å². The normalized spacial score (nSPS) is 14.0. The van der Waals surface area contributed by atoms with Gasteiger partial charge >= 0.3 is 0 Å². The third kappa shape index (κ3) is 6.49. The van der Waals surface area contributed by atoms with E-state index in [1.807, 2.05) is 0 Å². The average molecular weight is 977 g/mol. The third-order valence-corrected chi connectivity index (χ3v) is 16.8. The maximum atomic E-state index is 2.50. The van der Waals surface area contributed by atoms with E-state index in [0.29, 0.717) is 0 Å². The first-order valence-corrected chi connectivity index (χ1v) is 26.7. The Labute approximate surface area is 447 Å². The van der Waals surface area contributed by atoms with Gasteiger partial charge in [0.1, 0.15) is 0 Å². The Balaban J connectivity index is 0.877. The maximum Gasteiger partial charge on any atom is 0.0726 e. The number of nitrogens with zero attached hydrogens (tertiary/aromatic N) is 2. The summed E-state index contributed by atoms with van der Waals surface area (Å²) in [5.41, 5.74) is 24.0. The number of benzene rings is 13. The van der Waals surface area contributed by atoms with Crippen molar-refractivity contribution in [3.8, 4) is 61.3 Å². The maximum absolute atomic E-state index is 2.50. The van der Waals surface area contributed by atoms with Crippen LogP contribution in [0.2, 0.25) is 0 Å². The molecule has 2 aliphatic rings. The van der Waals surface area contributed by atoms with Gasteiger partial charge in [0.25, 0.3) is 0 Å². The first-order valence-electron chi connectivity index (χ1n) is 26.7. The smallest absolute Gasteiger partial charge is 0.0726 e. The Bertz CT molecular complexity index is 4650. The SMILES string of the molecule is c1ccc(-c2ccc3c(c2)C2(c4ccccc4-3)c3ccccc3-c3ccc(N(c4ccc(-c5ccc6c7ccc8ccccc8c7n(-c7ccccc7)c6c5)cc4)c4ccc(-c5cccc6ccccc56)cc4)cc32)cc1. The number of fused-ring (bicyclic) bond motifs is 16. The van der Waals surface area contributed by atoms with Crippen LogP contribution in [-0.4, -0.2) is 4.57 Å². The van der Waals surface area contributed by atoms with E-state index in [2.05, 4.69) is 301 Å². The second-order valence-corrected chi connectivity index (χ2v) is 20.7. The topological polar surface area (TPSA) is 8.17 Å². The van der Waals surface area contributed by atoms with E-state index in [0.717, 1.165) is 28.3 Å². The molecule has 1 unspecified atom stereocenters. The van der Waals surface area contributed by atoms with E-state index in [4.69, 9.17) is 0 Å². The molecule has 16 rings (SSSR count). The number of aromatic nitrogens is 1. The monoisotopic (exact) mass is 976 g/mol. The van der Waals surface area contributed by atoms with E-state index in [1.54, 1.807) is 0 Å². The summed E-state index contributed by atoms with van der Waals surface area (Å²) in [6.45, 7) is 0. The van der Waals surface area contributed by atoms with Crippen LogP contribution >= 0.6 is 0 Å². The highest BCUT2D eigenvalue weighted by Gasteiger charge is 2.52. The van der Waals surface area contributed by atoms with E-state index in [-0.39, 0.29) is 0 Å². The first-order chi connectivity index (χ1) is 38.2. The van der Waals surface area contributed by atoms with E-state index in [9.17, 15) is 0 Å². The van der Waals surface area contributed by atoms with Crippen LogP contribution < -0.4 is 4.90 Å². The number of hydrogen-bond donors (Lipinski definition) is 0. The van der Waals surface area contributed by atoms with Gasteiger partial charge in [-0.2, -0.15) is 0 Å². The highest BCUT2D eigenvalue weighted by Crippen LogP contribution is 2.64. The molecule has 0 N–H and O–H groups in total. The summed E-state index contributed by atoms with van der Waals surface area (Å²) in [6, 6.07) is 108. The first kappa shape index (κ1) is 43.4. The fraction of sp³-hybridized carbons (Fsp3) is 0.0133. The van der Waals surface area contributed by atoms with Gasteiger partial charge in [0, 0.05) is 38.9 Å². The summed E-state index contributed by atoms with van der Waals surface area (Å²) in [6.07, 6.45) is 0. The molecule has 1 aromatic heterocycles. The van der Waals surface area contributed by atoms with Crippen LogP contribution in [-0.2, 0) is 5.41 Å². The number of hydrogen-bond acceptors (Lipinski definition) is 1. The molecule has 0 bridgehead atoms. The predicted octanol–water partition coefficient (Wildman–Crippen LogP) is 19.9. The zero-order chi connectivity index (χ0) is 50.6. The molecule has 0 radical (unpaired) electrons. The zero-order valence-electron chi connectivity index (χ0n) is 42.1. The minimum Gasteiger partial charge on any atom is -0.310 e. The van der Waals surface area contributed by atoms with Crippen molar-refractivity contribution in [2.75, 3.05) is 4.90 Å². The summed E-state index contributed by atoms with van der Waals surface area (Å²) in [5, 5.41) is 7.48. The molecule has 1 spiro atoms. The number of para-hydroxylation sites is 1. The molecule has 77 heavy (non-hydrogen) atoms. The molecule has 0 aliphatic heterocycles. The van der Waals surface area contributed by atoms with Gasteiger partial charge in [0.05, 0.1) is 16.4 Å². The second-order valence-electron chi connectivity index (χ2n) is 20.7. The van der Waals surface area contributed by atoms with Gasteiger partial charge in [-0.25, -0.2) is 0 Å². The Morgan fingerprint density at radius 1 is 0.260 bits per heavy atom. The van der Waals surface area contributed by atoms with Crippen molar-refractivity contribution < 1.29 is 0 Å². The van der Waals surface area contributed by atoms with Crippen molar-refractivity contribution >= 4 is 60.4 Å². The number of rotatable bonds is 7. The highest BCUT2D eigenvalue weighted by atomic mass is 15.1. The Kier molecular flexibility index (Phi) is 9.58. The van der Waals surface area contributed by atoms with E-state index < -0.39 is 5.41 Å². The van der Waals surface area contributed by atoms with Gasteiger partial charge in [0.15, 0.2) is 0 Å². The summed E-state index contributed by atoms with van der Waals surface area (Å²) >= 11 is 0. The lowest BCUT2D eigenvalue weighted by Gasteiger charge is -2.32. The zero-order valence-corrected chi connectivity index (χ0v) is 42.1. The summed E-state index contributed by atoms with van der Waals surface area (Å²) in [5.74, 6) is 0. The van der Waals surface area contributed by atoms with Crippen molar-refractivity contribution in [3.63, 3.8) is 0 Å². The molecular weight excluding hydrogens is 929 g/mol. The Hall–Kier alpha value is -10.0. The third-order valence-electron chi connectivity index (χ3n) is 16.8. The molecule has 0 saturated carbocycles. The van der Waals surface area contributed by atoms with Crippen LogP contribution in [0.4, 0.5) is 17.1 Å². The molecule has 1 atom stereocenters. The quantitative estimate of drug-likeness (QED) is 0.154. The van der Waals surface area contributed by atoms with Gasteiger partial charge in [-0.05, 0) is 155 Å². The Morgan fingerprint density at radius 3 is 1.47 bits per heavy atom. The summed E-state index contributed by atoms with van der Waals surface area (Å²) in [7, 11) is 0. The van der Waals surface area contributed by atoms with Gasteiger partial charge < -0.3 is 9.47 Å². The standard InChI is InChI=1S/C75H48N2/c1-3-16-49(17-4-1)54-35-42-65-63-25-11-13-28-69(63)75(71(65)46-54)70-29-14-12-26-64(70)66-45-41-59(48-72(66)75)76(58-39-32-53(33-40-58)61-27-15-20-51-18-7-9-23-60(51)61)57-37-30-50(31-38-57)55-36-43-67-68-44-34-52-19-8-10-24-62(52)74(68)77(73(67)47-55)56-21-5-2-6-22-56/h1-48H. The van der Waals surface area contributed by atoms with Crippen molar-refractivity contribution in [3.05, 3.63) is 313 Å². The lowest BCUT2D eigenvalue weighted by atomic mass is 9.70.